The van der Waals surface area contributed by atoms with E-state index in [4.69, 9.17) is 10.2 Å². The molecule has 4 aromatic rings. The Bertz CT molecular complexity index is 1810. The van der Waals surface area contributed by atoms with Crippen LogP contribution in [0.3, 0.4) is 0 Å². The molecule has 1 aliphatic rings. The number of likely N-dealkylation sites (N-methyl/N-ethyl adjacent to an activating group) is 2. The summed E-state index contributed by atoms with van der Waals surface area (Å²) >= 11 is 0. The highest BCUT2D eigenvalue weighted by molar-refractivity contribution is 6.05. The van der Waals surface area contributed by atoms with Gasteiger partial charge in [-0.3, -0.25) is 19.4 Å². The smallest absolute Gasteiger partial charge is 0.416 e. The Morgan fingerprint density at radius 3 is 2.38 bits per heavy atom. The molecule has 13 heteroatoms. The zero-order chi connectivity index (χ0) is 33.9. The number of carbonyl (C=O) groups is 3. The lowest BCUT2D eigenvalue weighted by molar-refractivity contribution is -0.137. The summed E-state index contributed by atoms with van der Waals surface area (Å²) in [6, 6.07) is 17.1. The summed E-state index contributed by atoms with van der Waals surface area (Å²) in [5, 5.41) is 16.6. The lowest BCUT2D eigenvalue weighted by Crippen LogP contribution is -2.55. The molecule has 0 radical (unpaired) electrons. The quantitative estimate of drug-likeness (QED) is 0.176. The maximum atomic E-state index is 14.3. The molecule has 0 saturated carbocycles. The first-order valence-corrected chi connectivity index (χ1v) is 14.7. The van der Waals surface area contributed by atoms with E-state index in [1.165, 1.54) is 41.3 Å². The lowest BCUT2D eigenvalue weighted by Gasteiger charge is -2.38. The number of benzene rings is 3. The van der Waals surface area contributed by atoms with Crippen LogP contribution >= 0.6 is 0 Å². The van der Waals surface area contributed by atoms with E-state index in [9.17, 15) is 31.9 Å². The number of rotatable bonds is 10. The van der Waals surface area contributed by atoms with Crippen LogP contribution in [-0.2, 0) is 22.3 Å². The number of carboxylic acid groups (broad SMARTS) is 1. The van der Waals surface area contributed by atoms with Gasteiger partial charge < -0.3 is 10.4 Å². The Morgan fingerprint density at radius 2 is 1.74 bits per heavy atom. The van der Waals surface area contributed by atoms with Crippen molar-refractivity contribution in [2.24, 2.45) is 0 Å². The van der Waals surface area contributed by atoms with E-state index < -0.39 is 47.3 Å². The van der Waals surface area contributed by atoms with Gasteiger partial charge in [-0.1, -0.05) is 42.5 Å². The van der Waals surface area contributed by atoms with Crippen LogP contribution in [0.4, 0.5) is 23.4 Å². The monoisotopic (exact) mass is 649 g/mol. The predicted molar refractivity (Wildman–Crippen MR) is 166 cm³/mol. The molecule has 3 aromatic carbocycles. The number of hydrogen-bond donors (Lipinski definition) is 2. The Balaban J connectivity index is 1.68. The Kier molecular flexibility index (Phi) is 9.56. The van der Waals surface area contributed by atoms with Gasteiger partial charge in [0.05, 0.1) is 16.9 Å². The molecule has 2 amide bonds. The summed E-state index contributed by atoms with van der Waals surface area (Å²) in [4.78, 5) is 42.2. The number of carboxylic acids is 1. The maximum Gasteiger partial charge on any atom is 0.416 e. The number of fused-ring (bicyclic) bond motifs is 1. The number of nitrogens with one attached hydrogen (secondary N) is 1. The van der Waals surface area contributed by atoms with E-state index in [1.54, 1.807) is 18.7 Å². The zero-order valence-electron chi connectivity index (χ0n) is 25.4. The first-order valence-electron chi connectivity index (χ1n) is 14.7. The molecule has 0 fully saturated rings. The number of hydrogen-bond acceptors (Lipinski definition) is 5. The largest absolute Gasteiger partial charge is 0.478 e. The highest BCUT2D eigenvalue weighted by Crippen LogP contribution is 2.44. The van der Waals surface area contributed by atoms with Crippen LogP contribution in [0.2, 0.25) is 0 Å². The van der Waals surface area contributed by atoms with Gasteiger partial charge in [0.15, 0.2) is 0 Å². The predicted octanol–water partition coefficient (Wildman–Crippen LogP) is 5.40. The maximum absolute atomic E-state index is 14.3. The van der Waals surface area contributed by atoms with Gasteiger partial charge in [-0.05, 0) is 62.0 Å². The van der Waals surface area contributed by atoms with Crippen LogP contribution in [0.15, 0.2) is 91.0 Å². The lowest BCUT2D eigenvalue weighted by atomic mass is 9.80. The highest BCUT2D eigenvalue weighted by atomic mass is 19.4. The normalized spacial score (nSPS) is 16.5. The van der Waals surface area contributed by atoms with Crippen molar-refractivity contribution < 1.29 is 37.1 Å². The third-order valence-electron chi connectivity index (χ3n) is 7.79. The van der Waals surface area contributed by atoms with Crippen molar-refractivity contribution >= 4 is 23.6 Å². The number of halogens is 4. The fraction of sp³-hybridized carbons (Fsp3) is 0.235. The molecule has 1 aliphatic heterocycles. The molecular formula is C34H31F4N5O4. The number of para-hydroxylation sites is 1. The number of nitrogens with zero attached hydrogens (tertiary/aromatic N) is 4. The minimum Gasteiger partial charge on any atom is -0.478 e. The fourth-order valence-corrected chi connectivity index (χ4v) is 5.69. The van der Waals surface area contributed by atoms with E-state index in [0.29, 0.717) is 28.3 Å². The molecule has 9 nitrogen and oxygen atoms in total. The van der Waals surface area contributed by atoms with Gasteiger partial charge in [0.2, 0.25) is 0 Å². The van der Waals surface area contributed by atoms with Crippen molar-refractivity contribution in [3.8, 4) is 5.69 Å². The van der Waals surface area contributed by atoms with Crippen LogP contribution in [0.25, 0.3) is 5.69 Å². The standard InChI is InChI=1S/C34H31F4N5O4/c1-3-42-32-29(26(20-41(2)18-8-13-27(44)45)40-43(32)25-11-5-4-6-12-25)28(21-14-16-24(35)17-15-21)30(33(42)47)39-31(46)22-9-7-10-23(19-22)34(36,37)38/h4-17,19,28,30H,3,18,20H2,1-2H3,(H,39,46)(H,44,45)/t28-,30+/m1/s1. The number of aromatic nitrogens is 2. The Labute approximate surface area is 267 Å². The van der Waals surface area contributed by atoms with E-state index in [1.807, 2.05) is 35.2 Å². The summed E-state index contributed by atoms with van der Waals surface area (Å²) < 4.78 is 56.2. The van der Waals surface area contributed by atoms with Crippen molar-refractivity contribution in [1.29, 1.82) is 0 Å². The van der Waals surface area contributed by atoms with Crippen LogP contribution in [0.1, 0.15) is 45.6 Å². The van der Waals surface area contributed by atoms with E-state index in [2.05, 4.69) is 5.32 Å². The average molecular weight is 650 g/mol. The molecule has 1 aromatic heterocycles. The molecule has 0 unspecified atom stereocenters. The summed E-state index contributed by atoms with van der Waals surface area (Å²) in [6.07, 6.45) is -2.19. The molecular weight excluding hydrogens is 618 g/mol. The van der Waals surface area contributed by atoms with Gasteiger partial charge in [0.25, 0.3) is 11.8 Å². The minimum atomic E-state index is -4.69. The van der Waals surface area contributed by atoms with E-state index in [-0.39, 0.29) is 25.2 Å². The SMILES string of the molecule is CCN1C(=O)[C@@H](NC(=O)c2cccc(C(F)(F)F)c2)[C@H](c2ccc(F)cc2)c2c(CN(C)CC=CC(=O)O)nn(-c3ccccc3)c21. The second kappa shape index (κ2) is 13.6. The molecule has 244 valence electrons. The number of anilines is 1. The highest BCUT2D eigenvalue weighted by Gasteiger charge is 2.46. The van der Waals surface area contributed by atoms with Gasteiger partial charge in [-0.25, -0.2) is 13.9 Å². The first kappa shape index (κ1) is 33.1. The molecule has 0 spiro atoms. The number of alkyl halides is 3. The second-order valence-corrected chi connectivity index (χ2v) is 11.0. The summed E-state index contributed by atoms with van der Waals surface area (Å²) in [5.74, 6) is -3.55. The Morgan fingerprint density at radius 1 is 1.04 bits per heavy atom. The average Bonchev–Trinajstić information content (AvgIpc) is 3.40. The molecule has 47 heavy (non-hydrogen) atoms. The van der Waals surface area contributed by atoms with Crippen LogP contribution in [-0.4, -0.2) is 63.7 Å². The zero-order valence-corrected chi connectivity index (χ0v) is 25.4. The summed E-state index contributed by atoms with van der Waals surface area (Å²) in [6.45, 7) is 2.33. The van der Waals surface area contributed by atoms with Crippen molar-refractivity contribution in [1.82, 2.24) is 20.0 Å². The third-order valence-corrected chi connectivity index (χ3v) is 7.79. The van der Waals surface area contributed by atoms with E-state index >= 15 is 0 Å². The van der Waals surface area contributed by atoms with Gasteiger partial charge in [-0.15, -0.1) is 0 Å². The minimum absolute atomic E-state index is 0.160. The third kappa shape index (κ3) is 7.09. The number of carbonyl (C=O) groups excluding carboxylic acids is 2. The first-order chi connectivity index (χ1) is 22.4. The van der Waals surface area contributed by atoms with Gasteiger partial charge in [0, 0.05) is 42.8 Å². The van der Waals surface area contributed by atoms with Gasteiger partial charge in [-0.2, -0.15) is 18.3 Å². The van der Waals surface area contributed by atoms with Gasteiger partial charge >= 0.3 is 12.1 Å². The van der Waals surface area contributed by atoms with Crippen molar-refractivity contribution in [2.45, 2.75) is 31.6 Å². The topological polar surface area (TPSA) is 108 Å². The second-order valence-electron chi connectivity index (χ2n) is 11.0. The molecule has 0 aliphatic carbocycles. The number of aliphatic carboxylic acids is 1. The van der Waals surface area contributed by atoms with Crippen LogP contribution in [0.5, 0.6) is 0 Å². The molecule has 2 heterocycles. The summed E-state index contributed by atoms with van der Waals surface area (Å²) in [5.41, 5.74) is 0.843. The molecule has 2 atom stereocenters. The fourth-order valence-electron chi connectivity index (χ4n) is 5.69. The number of amides is 2. The molecule has 2 N–H and O–H groups in total. The molecule has 0 bridgehead atoms. The van der Waals surface area contributed by atoms with E-state index in [0.717, 1.165) is 24.3 Å². The van der Waals surface area contributed by atoms with Crippen molar-refractivity contribution in [3.63, 3.8) is 0 Å². The molecule has 0 saturated heterocycles. The summed E-state index contributed by atoms with van der Waals surface area (Å²) in [7, 11) is 1.76. The molecule has 5 rings (SSSR count). The van der Waals surface area contributed by atoms with Crippen LogP contribution in [0, 0.1) is 5.82 Å². The van der Waals surface area contributed by atoms with Crippen LogP contribution < -0.4 is 10.2 Å². The van der Waals surface area contributed by atoms with Gasteiger partial charge in [0.1, 0.15) is 17.7 Å². The Hall–Kier alpha value is -5.30. The van der Waals surface area contributed by atoms with Crippen molar-refractivity contribution in [3.05, 3.63) is 125 Å². The van der Waals surface area contributed by atoms with Crippen molar-refractivity contribution in [2.75, 3.05) is 25.0 Å².